The number of sulfonamides is 1. The average molecular weight is 298 g/mol. The molecule has 1 aromatic rings. The van der Waals surface area contributed by atoms with E-state index in [-0.39, 0.29) is 17.7 Å². The van der Waals surface area contributed by atoms with Crippen LogP contribution in [0.1, 0.15) is 31.2 Å². The number of nitrogens with zero attached hydrogens (tertiary/aromatic N) is 1. The molecule has 0 bridgehead atoms. The number of hydrogen-bond donors (Lipinski definition) is 2. The summed E-state index contributed by atoms with van der Waals surface area (Å²) < 4.78 is 40.4. The molecule has 0 unspecified atom stereocenters. The molecule has 1 fully saturated rings. The van der Waals surface area contributed by atoms with Crippen LogP contribution in [0.3, 0.4) is 0 Å². The minimum absolute atomic E-state index is 0.0715. The smallest absolute Gasteiger partial charge is 0.243 e. The van der Waals surface area contributed by atoms with Crippen LogP contribution in [-0.2, 0) is 10.0 Å². The largest absolute Gasteiger partial charge is 0.393 e. The van der Waals surface area contributed by atoms with E-state index in [9.17, 15) is 17.9 Å². The molecule has 2 rings (SSSR count). The monoisotopic (exact) mass is 298 g/mol. The zero-order valence-corrected chi connectivity index (χ0v) is 11.5. The summed E-state index contributed by atoms with van der Waals surface area (Å²) in [7, 11) is -3.95. The first-order valence-electron chi connectivity index (χ1n) is 6.32. The van der Waals surface area contributed by atoms with Crippen LogP contribution >= 0.6 is 0 Å². The minimum Gasteiger partial charge on any atom is -0.393 e. The molecule has 20 heavy (non-hydrogen) atoms. The molecule has 1 aliphatic rings. The van der Waals surface area contributed by atoms with Gasteiger partial charge in [-0.25, -0.2) is 17.5 Å². The van der Waals surface area contributed by atoms with Crippen molar-refractivity contribution in [3.63, 3.8) is 0 Å². The van der Waals surface area contributed by atoms with E-state index < -0.39 is 20.7 Å². The van der Waals surface area contributed by atoms with Crippen LogP contribution in [-0.4, -0.2) is 25.7 Å². The molecule has 1 aromatic carbocycles. The highest BCUT2D eigenvalue weighted by Crippen LogP contribution is 2.22. The van der Waals surface area contributed by atoms with E-state index in [2.05, 4.69) is 4.72 Å². The molecule has 0 amide bonds. The van der Waals surface area contributed by atoms with Gasteiger partial charge in [0, 0.05) is 6.04 Å². The second-order valence-electron chi connectivity index (χ2n) is 4.88. The Balaban J connectivity index is 2.16. The molecule has 1 saturated carbocycles. The highest BCUT2D eigenvalue weighted by atomic mass is 32.2. The molecule has 0 heterocycles. The standard InChI is InChI=1S/C13H15FN2O3S/c14-12-7-9(8-15)1-6-13(12)20(18,19)16-10-2-4-11(17)5-3-10/h1,6-7,10-11,16-17H,2-5H2. The number of rotatable bonds is 3. The van der Waals surface area contributed by atoms with Crippen molar-refractivity contribution >= 4 is 10.0 Å². The van der Waals surface area contributed by atoms with Gasteiger partial charge >= 0.3 is 0 Å². The highest BCUT2D eigenvalue weighted by Gasteiger charge is 2.26. The van der Waals surface area contributed by atoms with Gasteiger partial charge in [-0.2, -0.15) is 5.26 Å². The maximum atomic E-state index is 13.7. The van der Waals surface area contributed by atoms with Crippen LogP contribution in [0.25, 0.3) is 0 Å². The fourth-order valence-corrected chi connectivity index (χ4v) is 3.63. The fraction of sp³-hybridized carbons (Fsp3) is 0.462. The quantitative estimate of drug-likeness (QED) is 0.879. The molecule has 0 aliphatic heterocycles. The predicted octanol–water partition coefficient (Wildman–Crippen LogP) is 1.28. The molecule has 1 aliphatic carbocycles. The van der Waals surface area contributed by atoms with Gasteiger partial charge in [0.2, 0.25) is 10.0 Å². The molecule has 0 saturated heterocycles. The minimum atomic E-state index is -3.95. The Morgan fingerprint density at radius 3 is 2.50 bits per heavy atom. The van der Waals surface area contributed by atoms with Crippen molar-refractivity contribution in [3.05, 3.63) is 29.6 Å². The van der Waals surface area contributed by atoms with Gasteiger partial charge in [0.05, 0.1) is 17.7 Å². The number of nitrogens with one attached hydrogen (secondary N) is 1. The Bertz CT molecular complexity index is 632. The van der Waals surface area contributed by atoms with Gasteiger partial charge in [0.25, 0.3) is 0 Å². The summed E-state index contributed by atoms with van der Waals surface area (Å²) >= 11 is 0. The van der Waals surface area contributed by atoms with Crippen LogP contribution in [0.2, 0.25) is 0 Å². The Labute approximate surface area is 117 Å². The molecule has 0 atom stereocenters. The molecule has 7 heteroatoms. The summed E-state index contributed by atoms with van der Waals surface area (Å²) in [6, 6.07) is 4.72. The van der Waals surface area contributed by atoms with Crippen LogP contribution < -0.4 is 4.72 Å². The lowest BCUT2D eigenvalue weighted by Crippen LogP contribution is -2.38. The molecule has 108 valence electrons. The summed E-state index contributed by atoms with van der Waals surface area (Å²) in [6.45, 7) is 0. The molecule has 5 nitrogen and oxygen atoms in total. The summed E-state index contributed by atoms with van der Waals surface area (Å²) in [5.74, 6) is -0.938. The first-order valence-corrected chi connectivity index (χ1v) is 7.81. The van der Waals surface area contributed by atoms with E-state index in [4.69, 9.17) is 5.26 Å². The van der Waals surface area contributed by atoms with Crippen molar-refractivity contribution in [1.82, 2.24) is 4.72 Å². The van der Waals surface area contributed by atoms with Crippen LogP contribution in [0.4, 0.5) is 4.39 Å². The summed E-state index contributed by atoms with van der Waals surface area (Å²) in [4.78, 5) is -0.456. The van der Waals surface area contributed by atoms with Crippen LogP contribution in [0.5, 0.6) is 0 Å². The van der Waals surface area contributed by atoms with Crippen molar-refractivity contribution in [1.29, 1.82) is 5.26 Å². The van der Waals surface area contributed by atoms with Crippen molar-refractivity contribution in [2.24, 2.45) is 0 Å². The Kier molecular flexibility index (Phi) is 4.38. The van der Waals surface area contributed by atoms with Crippen molar-refractivity contribution in [3.8, 4) is 6.07 Å². The summed E-state index contributed by atoms with van der Waals surface area (Å²) in [5, 5.41) is 18.0. The lowest BCUT2D eigenvalue weighted by Gasteiger charge is -2.26. The van der Waals surface area contributed by atoms with Crippen molar-refractivity contribution < 1.29 is 17.9 Å². The zero-order valence-electron chi connectivity index (χ0n) is 10.7. The number of benzene rings is 1. The average Bonchev–Trinajstić information content (AvgIpc) is 2.40. The van der Waals surface area contributed by atoms with Gasteiger partial charge in [-0.05, 0) is 43.9 Å². The summed E-state index contributed by atoms with van der Waals surface area (Å²) in [6.07, 6.45) is 1.73. The second kappa shape index (κ2) is 5.87. The topological polar surface area (TPSA) is 90.2 Å². The third kappa shape index (κ3) is 3.33. The normalized spacial score (nSPS) is 23.2. The number of aliphatic hydroxyl groups is 1. The third-order valence-corrected chi connectivity index (χ3v) is 4.92. The van der Waals surface area contributed by atoms with E-state index in [1.807, 2.05) is 0 Å². The molecule has 0 radical (unpaired) electrons. The van der Waals surface area contributed by atoms with Gasteiger partial charge in [-0.1, -0.05) is 0 Å². The van der Waals surface area contributed by atoms with Gasteiger partial charge < -0.3 is 5.11 Å². The molecular formula is C13H15FN2O3S. The van der Waals surface area contributed by atoms with Gasteiger partial charge in [0.15, 0.2) is 0 Å². The Hall–Kier alpha value is -1.49. The lowest BCUT2D eigenvalue weighted by molar-refractivity contribution is 0.120. The van der Waals surface area contributed by atoms with Gasteiger partial charge in [0.1, 0.15) is 10.7 Å². The number of halogens is 1. The fourth-order valence-electron chi connectivity index (χ4n) is 2.26. The molecule has 0 aromatic heterocycles. The van der Waals surface area contributed by atoms with Crippen LogP contribution in [0.15, 0.2) is 23.1 Å². The second-order valence-corrected chi connectivity index (χ2v) is 6.57. The maximum Gasteiger partial charge on any atom is 0.243 e. The van der Waals surface area contributed by atoms with E-state index in [0.717, 1.165) is 12.1 Å². The molecule has 2 N–H and O–H groups in total. The predicted molar refractivity (Wildman–Crippen MR) is 69.7 cm³/mol. The van der Waals surface area contributed by atoms with Gasteiger partial charge in [-0.3, -0.25) is 0 Å². The van der Waals surface area contributed by atoms with Crippen LogP contribution in [0, 0.1) is 17.1 Å². The Morgan fingerprint density at radius 2 is 1.95 bits per heavy atom. The van der Waals surface area contributed by atoms with E-state index in [0.29, 0.717) is 25.7 Å². The lowest BCUT2D eigenvalue weighted by atomic mass is 9.94. The first kappa shape index (κ1) is 14.9. The molecular weight excluding hydrogens is 283 g/mol. The maximum absolute atomic E-state index is 13.7. The highest BCUT2D eigenvalue weighted by molar-refractivity contribution is 7.89. The Morgan fingerprint density at radius 1 is 1.30 bits per heavy atom. The van der Waals surface area contributed by atoms with E-state index in [1.54, 1.807) is 6.07 Å². The third-order valence-electron chi connectivity index (χ3n) is 3.37. The summed E-state index contributed by atoms with van der Waals surface area (Å²) in [5.41, 5.74) is 0.0715. The van der Waals surface area contributed by atoms with E-state index in [1.165, 1.54) is 6.07 Å². The van der Waals surface area contributed by atoms with E-state index >= 15 is 0 Å². The number of nitriles is 1. The molecule has 0 spiro atoms. The zero-order chi connectivity index (χ0) is 14.8. The number of hydrogen-bond acceptors (Lipinski definition) is 4. The number of aliphatic hydroxyl groups excluding tert-OH is 1. The van der Waals surface area contributed by atoms with Gasteiger partial charge in [-0.15, -0.1) is 0 Å². The first-order chi connectivity index (χ1) is 9.42. The van der Waals surface area contributed by atoms with Crippen molar-refractivity contribution in [2.45, 2.75) is 42.7 Å². The SMILES string of the molecule is N#Cc1ccc(S(=O)(=O)NC2CCC(O)CC2)c(F)c1. The van der Waals surface area contributed by atoms with Crippen molar-refractivity contribution in [2.75, 3.05) is 0 Å².